The molecule has 2 rings (SSSR count). The largest absolute Gasteiger partial charge is 0.404 e. The molecule has 0 spiro atoms. The maximum Gasteiger partial charge on any atom is 0.261 e. The zero-order valence-corrected chi connectivity index (χ0v) is 17.1. The summed E-state index contributed by atoms with van der Waals surface area (Å²) in [6, 6.07) is 20.8. The van der Waals surface area contributed by atoms with Gasteiger partial charge in [-0.15, -0.1) is 0 Å². The van der Waals surface area contributed by atoms with Gasteiger partial charge in [0.25, 0.3) is 8.32 Å². The molecule has 2 aromatic rings. The molecule has 0 saturated heterocycles. The molecule has 0 heterocycles. The molecule has 140 valence electrons. The summed E-state index contributed by atoms with van der Waals surface area (Å²) in [5.74, 6) is -0.511. The number of aliphatic hydroxyl groups is 1. The van der Waals surface area contributed by atoms with E-state index < -0.39 is 20.8 Å². The molecule has 0 bridgehead atoms. The summed E-state index contributed by atoms with van der Waals surface area (Å²) in [5, 5.41) is 11.2. The molecule has 0 saturated carbocycles. The molecule has 0 unspecified atom stereocenters. The molecule has 4 heteroatoms. The fraction of sp³-hybridized carbons (Fsp3) is 0.364. The van der Waals surface area contributed by atoms with Crippen LogP contribution in [-0.2, 0) is 4.43 Å². The Kier molecular flexibility index (Phi) is 6.92. The van der Waals surface area contributed by atoms with E-state index in [-0.39, 0.29) is 11.1 Å². The summed E-state index contributed by atoms with van der Waals surface area (Å²) in [6.07, 6.45) is 1.68. The number of aliphatic hydroxyl groups excluding tert-OH is 1. The zero-order valence-electron chi connectivity index (χ0n) is 16.1. The fourth-order valence-electron chi connectivity index (χ4n) is 3.40. The Morgan fingerprint density at radius 1 is 1.04 bits per heavy atom. The van der Waals surface area contributed by atoms with E-state index in [0.29, 0.717) is 6.42 Å². The predicted molar refractivity (Wildman–Crippen MR) is 109 cm³/mol. The van der Waals surface area contributed by atoms with Crippen molar-refractivity contribution in [2.45, 2.75) is 45.3 Å². The SMILES string of the molecule is C[C@H](C/C=C(/F)CO)O[Si](c1ccccc1)(c1ccccc1)C(C)(C)C. The Labute approximate surface area is 157 Å². The lowest BCUT2D eigenvalue weighted by Gasteiger charge is -2.44. The third-order valence-electron chi connectivity index (χ3n) is 4.62. The average Bonchev–Trinajstić information content (AvgIpc) is 2.64. The molecular weight excluding hydrogens is 343 g/mol. The van der Waals surface area contributed by atoms with E-state index in [1.807, 2.05) is 43.3 Å². The van der Waals surface area contributed by atoms with Gasteiger partial charge in [0.1, 0.15) is 5.83 Å². The molecule has 26 heavy (non-hydrogen) atoms. The maximum atomic E-state index is 13.4. The molecule has 0 aliphatic rings. The van der Waals surface area contributed by atoms with Gasteiger partial charge in [0.2, 0.25) is 0 Å². The van der Waals surface area contributed by atoms with Crippen molar-refractivity contribution in [1.29, 1.82) is 0 Å². The van der Waals surface area contributed by atoms with Gasteiger partial charge in [0, 0.05) is 6.10 Å². The lowest BCUT2D eigenvalue weighted by atomic mass is 10.2. The first-order chi connectivity index (χ1) is 12.3. The normalized spacial score (nSPS) is 14.3. The zero-order chi connectivity index (χ0) is 19.2. The summed E-state index contributed by atoms with van der Waals surface area (Å²) in [6.45, 7) is 8.06. The fourth-order valence-corrected chi connectivity index (χ4v) is 8.11. The van der Waals surface area contributed by atoms with E-state index in [9.17, 15) is 4.39 Å². The minimum atomic E-state index is -2.61. The first kappa shape index (κ1) is 20.6. The minimum absolute atomic E-state index is 0.108. The van der Waals surface area contributed by atoms with Gasteiger partial charge in [0.05, 0.1) is 6.61 Å². The molecule has 2 aromatic carbocycles. The summed E-state index contributed by atoms with van der Waals surface area (Å²) in [5.41, 5.74) is 0. The quantitative estimate of drug-likeness (QED) is 0.739. The highest BCUT2D eigenvalue weighted by molar-refractivity contribution is 6.99. The van der Waals surface area contributed by atoms with Crippen molar-refractivity contribution in [3.8, 4) is 0 Å². The highest BCUT2D eigenvalue weighted by atomic mass is 28.4. The van der Waals surface area contributed by atoms with Crippen LogP contribution in [0.2, 0.25) is 5.04 Å². The van der Waals surface area contributed by atoms with E-state index in [0.717, 1.165) is 0 Å². The van der Waals surface area contributed by atoms with Gasteiger partial charge < -0.3 is 9.53 Å². The molecule has 0 amide bonds. The first-order valence-corrected chi connectivity index (χ1v) is 11.0. The summed E-state index contributed by atoms with van der Waals surface area (Å²) in [4.78, 5) is 0. The van der Waals surface area contributed by atoms with E-state index in [1.165, 1.54) is 16.4 Å². The molecule has 0 radical (unpaired) electrons. The standard InChI is InChI=1S/C22H29FO2Si/c1-18(15-16-19(23)17-24)25-26(22(2,3)4,20-11-7-5-8-12-20)21-13-9-6-10-14-21/h5-14,16,18,24H,15,17H2,1-4H3/b19-16+/t18-/m1/s1. The van der Waals surface area contributed by atoms with Crippen molar-refractivity contribution in [3.63, 3.8) is 0 Å². The second-order valence-electron chi connectivity index (χ2n) is 7.64. The van der Waals surface area contributed by atoms with Crippen LogP contribution in [0.4, 0.5) is 4.39 Å². The Balaban J connectivity index is 2.54. The van der Waals surface area contributed by atoms with Gasteiger partial charge in [-0.05, 0) is 34.8 Å². The lowest BCUT2D eigenvalue weighted by molar-refractivity contribution is 0.208. The average molecular weight is 373 g/mol. The second kappa shape index (κ2) is 8.76. The molecular formula is C22H29FO2Si. The Morgan fingerprint density at radius 2 is 1.50 bits per heavy atom. The molecule has 0 aromatic heterocycles. The minimum Gasteiger partial charge on any atom is -0.404 e. The number of benzene rings is 2. The predicted octanol–water partition coefficient (Wildman–Crippen LogP) is 4.19. The lowest BCUT2D eigenvalue weighted by Crippen LogP contribution is -2.67. The van der Waals surface area contributed by atoms with Gasteiger partial charge in [-0.2, -0.15) is 0 Å². The van der Waals surface area contributed by atoms with Gasteiger partial charge in [-0.1, -0.05) is 81.4 Å². The van der Waals surface area contributed by atoms with Gasteiger partial charge in [-0.25, -0.2) is 4.39 Å². The van der Waals surface area contributed by atoms with Gasteiger partial charge >= 0.3 is 0 Å². The Hall–Kier alpha value is -1.75. The molecule has 1 atom stereocenters. The van der Waals surface area contributed by atoms with Crippen molar-refractivity contribution in [1.82, 2.24) is 0 Å². The second-order valence-corrected chi connectivity index (χ2v) is 11.9. The molecule has 1 N–H and O–H groups in total. The van der Waals surface area contributed by atoms with Crippen molar-refractivity contribution in [2.75, 3.05) is 6.61 Å². The number of rotatable bonds is 7. The van der Waals surface area contributed by atoms with Crippen LogP contribution >= 0.6 is 0 Å². The summed E-state index contributed by atoms with van der Waals surface area (Å²) >= 11 is 0. The summed E-state index contributed by atoms with van der Waals surface area (Å²) < 4.78 is 20.2. The molecule has 0 aliphatic carbocycles. The highest BCUT2D eigenvalue weighted by Crippen LogP contribution is 2.37. The smallest absolute Gasteiger partial charge is 0.261 e. The van der Waals surface area contributed by atoms with Crippen molar-refractivity contribution < 1.29 is 13.9 Å². The van der Waals surface area contributed by atoms with Crippen molar-refractivity contribution >= 4 is 18.7 Å². The van der Waals surface area contributed by atoms with Crippen LogP contribution in [-0.4, -0.2) is 26.1 Å². The van der Waals surface area contributed by atoms with Crippen LogP contribution in [0.15, 0.2) is 72.6 Å². The van der Waals surface area contributed by atoms with Crippen molar-refractivity contribution in [3.05, 3.63) is 72.6 Å². The van der Waals surface area contributed by atoms with E-state index in [2.05, 4.69) is 45.0 Å². The molecule has 0 aliphatic heterocycles. The van der Waals surface area contributed by atoms with Crippen LogP contribution in [0.3, 0.4) is 0 Å². The Bertz CT molecular complexity index is 668. The van der Waals surface area contributed by atoms with E-state index in [1.54, 1.807) is 0 Å². The number of hydrogen-bond donors (Lipinski definition) is 1. The monoisotopic (exact) mass is 372 g/mol. The van der Waals surface area contributed by atoms with Crippen LogP contribution in [0, 0.1) is 0 Å². The van der Waals surface area contributed by atoms with Gasteiger partial charge in [-0.3, -0.25) is 0 Å². The molecule has 2 nitrogen and oxygen atoms in total. The van der Waals surface area contributed by atoms with Gasteiger partial charge in [0.15, 0.2) is 0 Å². The van der Waals surface area contributed by atoms with Crippen LogP contribution in [0.1, 0.15) is 34.1 Å². The van der Waals surface area contributed by atoms with Crippen molar-refractivity contribution in [2.24, 2.45) is 0 Å². The van der Waals surface area contributed by atoms with E-state index >= 15 is 0 Å². The number of halogens is 1. The third-order valence-corrected chi connectivity index (χ3v) is 9.78. The van der Waals surface area contributed by atoms with Crippen LogP contribution in [0.25, 0.3) is 0 Å². The first-order valence-electron chi connectivity index (χ1n) is 9.05. The number of hydrogen-bond acceptors (Lipinski definition) is 2. The summed E-state index contributed by atoms with van der Waals surface area (Å²) in [7, 11) is -2.61. The maximum absolute atomic E-state index is 13.4. The van der Waals surface area contributed by atoms with E-state index in [4.69, 9.17) is 9.53 Å². The molecule has 0 fully saturated rings. The highest BCUT2D eigenvalue weighted by Gasteiger charge is 2.50. The van der Waals surface area contributed by atoms with Crippen LogP contribution < -0.4 is 10.4 Å². The van der Waals surface area contributed by atoms with Crippen LogP contribution in [0.5, 0.6) is 0 Å². The third kappa shape index (κ3) is 4.50. The topological polar surface area (TPSA) is 29.5 Å². The Morgan fingerprint density at radius 3 is 1.88 bits per heavy atom.